The third-order valence-corrected chi connectivity index (χ3v) is 8.93. The molecule has 1 saturated carbocycles. The molecule has 1 atom stereocenters. The van der Waals surface area contributed by atoms with Gasteiger partial charge in [-0.1, -0.05) is 25.5 Å². The van der Waals surface area contributed by atoms with Crippen LogP contribution in [-0.4, -0.2) is 49.9 Å². The number of aromatic nitrogens is 2. The van der Waals surface area contributed by atoms with Crippen molar-refractivity contribution in [2.45, 2.75) is 43.0 Å². The molecule has 2 aromatic carbocycles. The van der Waals surface area contributed by atoms with Crippen LogP contribution < -0.4 is 15.4 Å². The fraction of sp³-hybridized carbons (Fsp3) is 0.370. The molecule has 0 radical (unpaired) electrons. The Bertz CT molecular complexity index is 1470. The van der Waals surface area contributed by atoms with Crippen LogP contribution in [0.4, 0.5) is 5.69 Å². The topological polar surface area (TPSA) is 125 Å². The van der Waals surface area contributed by atoms with E-state index in [0.29, 0.717) is 35.7 Å². The molecule has 10 heteroatoms. The Kier molecular flexibility index (Phi) is 6.10. The minimum atomic E-state index is -3.65. The first kappa shape index (κ1) is 25.0. The van der Waals surface area contributed by atoms with Crippen molar-refractivity contribution in [1.29, 1.82) is 0 Å². The molecule has 1 fully saturated rings. The van der Waals surface area contributed by atoms with Gasteiger partial charge in [0, 0.05) is 35.4 Å². The molecule has 2 aliphatic rings. The van der Waals surface area contributed by atoms with Gasteiger partial charge < -0.3 is 15.4 Å². The number of nitrogens with two attached hydrogens (primary N) is 1. The Hall–Kier alpha value is -3.66. The first-order valence-corrected chi connectivity index (χ1v) is 14.1. The van der Waals surface area contributed by atoms with Crippen LogP contribution >= 0.6 is 0 Å². The number of nitrogens with zero attached hydrogens (tertiary/aromatic N) is 3. The highest BCUT2D eigenvalue weighted by Gasteiger charge is 2.45. The second-order valence-corrected chi connectivity index (χ2v) is 11.8. The molecule has 2 N–H and O–H groups in total. The number of primary amides is 1. The molecule has 1 aliphatic carbocycles. The monoisotopic (exact) mass is 522 g/mol. The maximum atomic E-state index is 13.8. The summed E-state index contributed by atoms with van der Waals surface area (Å²) in [5, 5.41) is 4.29. The molecule has 0 bridgehead atoms. The molecular formula is C27H30N4O5S. The van der Waals surface area contributed by atoms with Gasteiger partial charge in [0.2, 0.25) is 5.91 Å². The maximum absolute atomic E-state index is 13.8. The lowest BCUT2D eigenvalue weighted by Crippen LogP contribution is -2.46. The van der Waals surface area contributed by atoms with Crippen molar-refractivity contribution in [3.63, 3.8) is 0 Å². The molecule has 1 aliphatic heterocycles. The average molecular weight is 523 g/mol. The van der Waals surface area contributed by atoms with Crippen LogP contribution in [0.25, 0.3) is 5.69 Å². The Labute approximate surface area is 216 Å². The van der Waals surface area contributed by atoms with E-state index in [9.17, 15) is 18.0 Å². The number of methoxy groups -OCH3 is 1. The summed E-state index contributed by atoms with van der Waals surface area (Å²) in [5.41, 5.74) is 8.34. The van der Waals surface area contributed by atoms with E-state index in [-0.39, 0.29) is 33.9 Å². The lowest BCUT2D eigenvalue weighted by Gasteiger charge is -2.46. The molecule has 9 nitrogen and oxygen atoms in total. The minimum Gasteiger partial charge on any atom is -0.497 e. The summed E-state index contributed by atoms with van der Waals surface area (Å²) in [6, 6.07) is 14.6. The normalized spacial score (nSPS) is 17.6. The summed E-state index contributed by atoms with van der Waals surface area (Å²) >= 11 is 0. The molecule has 37 heavy (non-hydrogen) atoms. The van der Waals surface area contributed by atoms with Crippen LogP contribution in [0.3, 0.4) is 0 Å². The lowest BCUT2D eigenvalue weighted by molar-refractivity contribution is -0.124. The van der Waals surface area contributed by atoms with Gasteiger partial charge in [-0.25, -0.2) is 13.1 Å². The number of amides is 2. The predicted octanol–water partition coefficient (Wildman–Crippen LogP) is 3.03. The van der Waals surface area contributed by atoms with Crippen molar-refractivity contribution in [3.05, 3.63) is 65.4 Å². The van der Waals surface area contributed by atoms with Crippen molar-refractivity contribution in [3.8, 4) is 11.4 Å². The zero-order valence-corrected chi connectivity index (χ0v) is 21.9. The Balaban J connectivity index is 1.52. The Morgan fingerprint density at radius 1 is 1.08 bits per heavy atom. The molecule has 0 saturated heterocycles. The number of carbonyl (C=O) groups excluding carboxylic acids is 2. The SMILES string of the molecule is COc1ccc(-n2nc(S(C)(=O)=O)c3c2C(=O)N(c2ccc(C4(C(C)C(N)=O)CCC4)cc2)CC3)cc1. The summed E-state index contributed by atoms with van der Waals surface area (Å²) in [4.78, 5) is 27.4. The molecule has 0 spiro atoms. The first-order chi connectivity index (χ1) is 17.6. The molecule has 3 aromatic rings. The number of anilines is 1. The summed E-state index contributed by atoms with van der Waals surface area (Å²) in [6.07, 6.45) is 4.30. The number of fused-ring (bicyclic) bond motifs is 1. The van der Waals surface area contributed by atoms with Crippen LogP contribution in [0, 0.1) is 5.92 Å². The van der Waals surface area contributed by atoms with Crippen molar-refractivity contribution in [2.75, 3.05) is 24.8 Å². The predicted molar refractivity (Wildman–Crippen MR) is 139 cm³/mol. The van der Waals surface area contributed by atoms with Crippen molar-refractivity contribution in [2.24, 2.45) is 11.7 Å². The molecule has 5 rings (SSSR count). The van der Waals surface area contributed by atoms with E-state index in [0.717, 1.165) is 31.1 Å². The zero-order valence-electron chi connectivity index (χ0n) is 21.1. The molecule has 194 valence electrons. The lowest BCUT2D eigenvalue weighted by atomic mass is 9.58. The van der Waals surface area contributed by atoms with E-state index in [2.05, 4.69) is 5.10 Å². The highest BCUT2D eigenvalue weighted by molar-refractivity contribution is 7.90. The molecular weight excluding hydrogens is 492 g/mol. The quantitative estimate of drug-likeness (QED) is 0.509. The fourth-order valence-corrected chi connectivity index (χ4v) is 6.43. The second kappa shape index (κ2) is 9.02. The van der Waals surface area contributed by atoms with E-state index in [1.165, 1.54) is 4.68 Å². The largest absolute Gasteiger partial charge is 0.497 e. The van der Waals surface area contributed by atoms with Gasteiger partial charge in [-0.15, -0.1) is 0 Å². The summed E-state index contributed by atoms with van der Waals surface area (Å²) in [7, 11) is -2.09. The van der Waals surface area contributed by atoms with E-state index in [4.69, 9.17) is 10.5 Å². The van der Waals surface area contributed by atoms with E-state index >= 15 is 0 Å². The zero-order chi connectivity index (χ0) is 26.5. The van der Waals surface area contributed by atoms with Crippen LogP contribution in [-0.2, 0) is 26.5 Å². The standard InChI is InChI=1S/C27H30N4O5S/c1-17(24(28)32)27(14-4-15-27)18-5-7-19(8-6-18)30-16-13-22-23(26(30)33)31(29-25(22)37(3,34)35)20-9-11-21(36-2)12-10-20/h5-12,17H,4,13-16H2,1-3H3,(H2,28,32). The number of benzene rings is 2. The third-order valence-electron chi connectivity index (χ3n) is 7.90. The minimum absolute atomic E-state index is 0.0750. The number of hydrogen-bond donors (Lipinski definition) is 1. The van der Waals surface area contributed by atoms with Gasteiger partial charge in [-0.2, -0.15) is 5.10 Å². The van der Waals surface area contributed by atoms with Crippen LogP contribution in [0.15, 0.2) is 53.6 Å². The highest BCUT2D eigenvalue weighted by Crippen LogP contribution is 2.49. The maximum Gasteiger partial charge on any atom is 0.277 e. The summed E-state index contributed by atoms with van der Waals surface area (Å²) in [6.45, 7) is 2.20. The molecule has 1 unspecified atom stereocenters. The number of carbonyl (C=O) groups is 2. The average Bonchev–Trinajstić information content (AvgIpc) is 3.25. The Morgan fingerprint density at radius 2 is 1.70 bits per heavy atom. The number of ether oxygens (including phenoxy) is 1. The van der Waals surface area contributed by atoms with E-state index < -0.39 is 9.84 Å². The molecule has 2 heterocycles. The first-order valence-electron chi connectivity index (χ1n) is 12.2. The van der Waals surface area contributed by atoms with Gasteiger partial charge in [0.25, 0.3) is 5.91 Å². The van der Waals surface area contributed by atoms with Crippen molar-refractivity contribution in [1.82, 2.24) is 9.78 Å². The van der Waals surface area contributed by atoms with Crippen LogP contribution in [0.1, 0.15) is 47.8 Å². The molecule has 1 aromatic heterocycles. The third kappa shape index (κ3) is 4.09. The van der Waals surface area contributed by atoms with Crippen molar-refractivity contribution < 1.29 is 22.7 Å². The summed E-state index contributed by atoms with van der Waals surface area (Å²) in [5.74, 6) is -0.275. The van der Waals surface area contributed by atoms with Crippen LogP contribution in [0.5, 0.6) is 5.75 Å². The van der Waals surface area contributed by atoms with Gasteiger partial charge in [0.1, 0.15) is 11.4 Å². The Morgan fingerprint density at radius 3 is 2.22 bits per heavy atom. The second-order valence-electron chi connectivity index (χ2n) is 9.90. The van der Waals surface area contributed by atoms with Gasteiger partial charge >= 0.3 is 0 Å². The van der Waals surface area contributed by atoms with Gasteiger partial charge in [0.05, 0.1) is 12.8 Å². The number of rotatable bonds is 7. The number of hydrogen-bond acceptors (Lipinski definition) is 6. The fourth-order valence-electron chi connectivity index (χ4n) is 5.56. The smallest absolute Gasteiger partial charge is 0.277 e. The van der Waals surface area contributed by atoms with Gasteiger partial charge in [-0.3, -0.25) is 9.59 Å². The van der Waals surface area contributed by atoms with Crippen molar-refractivity contribution >= 4 is 27.3 Å². The van der Waals surface area contributed by atoms with E-state index in [1.54, 1.807) is 36.3 Å². The van der Waals surface area contributed by atoms with Crippen LogP contribution in [0.2, 0.25) is 0 Å². The van der Waals surface area contributed by atoms with E-state index in [1.807, 2.05) is 31.2 Å². The van der Waals surface area contributed by atoms with Gasteiger partial charge in [0.15, 0.2) is 14.9 Å². The number of sulfone groups is 1. The summed E-state index contributed by atoms with van der Waals surface area (Å²) < 4.78 is 31.7. The van der Waals surface area contributed by atoms with Gasteiger partial charge in [-0.05, 0) is 61.2 Å². The molecule has 2 amide bonds. The highest BCUT2D eigenvalue weighted by atomic mass is 32.2.